The number of allylic oxidation sites excluding steroid dienone is 2. The zero-order valence-corrected chi connectivity index (χ0v) is 20.2. The van der Waals surface area contributed by atoms with E-state index < -0.39 is 11.3 Å². The minimum absolute atomic E-state index is 0.0711. The average Bonchev–Trinajstić information content (AvgIpc) is 3.47. The van der Waals surface area contributed by atoms with Crippen molar-refractivity contribution in [3.05, 3.63) is 115 Å². The monoisotopic (exact) mass is 485 g/mol. The molecule has 0 aliphatic carbocycles. The summed E-state index contributed by atoms with van der Waals surface area (Å²) in [6.45, 7) is 10.5. The molecule has 6 heteroatoms. The smallest absolute Gasteiger partial charge is 0.256 e. The van der Waals surface area contributed by atoms with Gasteiger partial charge in [0.2, 0.25) is 0 Å². The minimum atomic E-state index is -3.02. The fourth-order valence-electron chi connectivity index (χ4n) is 4.74. The van der Waals surface area contributed by atoms with Gasteiger partial charge in [0, 0.05) is 36.0 Å². The lowest BCUT2D eigenvalue weighted by Crippen LogP contribution is -2.44. The molecule has 0 spiro atoms. The van der Waals surface area contributed by atoms with Crippen LogP contribution in [0.2, 0.25) is 0 Å². The molecule has 5 aromatic rings. The van der Waals surface area contributed by atoms with Crippen molar-refractivity contribution in [2.24, 2.45) is 0 Å². The van der Waals surface area contributed by atoms with Gasteiger partial charge in [0.15, 0.2) is 0 Å². The lowest BCUT2D eigenvalue weighted by atomic mass is 9.76. The number of fused-ring (bicyclic) bond motifs is 2. The summed E-state index contributed by atoms with van der Waals surface area (Å²) >= 11 is 0. The molecule has 2 aromatic heterocycles. The summed E-state index contributed by atoms with van der Waals surface area (Å²) in [5.74, 6) is -3.36. The van der Waals surface area contributed by atoms with Crippen molar-refractivity contribution in [1.82, 2.24) is 14.3 Å². The van der Waals surface area contributed by atoms with Crippen molar-refractivity contribution >= 4 is 27.4 Å². The standard InChI is InChI=1S/C30H26F3N3/c1-5-20(2)25-7-6-8-28-26(25)15-16-35(28)19-29(3,30(4,32)33)22-9-14-27-21(17-22)18-34-36(27)24-12-10-23(31)11-13-24/h5-18H,1-2,19H2,3-4H3. The van der Waals surface area contributed by atoms with Gasteiger partial charge in [-0.05, 0) is 72.2 Å². The first-order chi connectivity index (χ1) is 17.1. The highest BCUT2D eigenvalue weighted by Gasteiger charge is 2.48. The Kier molecular flexibility index (Phi) is 5.62. The molecule has 1 atom stereocenters. The number of hydrogen-bond acceptors (Lipinski definition) is 1. The van der Waals surface area contributed by atoms with Crippen molar-refractivity contribution < 1.29 is 13.2 Å². The highest BCUT2D eigenvalue weighted by atomic mass is 19.3. The second-order valence-corrected chi connectivity index (χ2v) is 9.44. The summed E-state index contributed by atoms with van der Waals surface area (Å²) in [6, 6.07) is 19.0. The number of halogens is 3. The maximum Gasteiger partial charge on any atom is 0.256 e. The Hall–Kier alpha value is -4.06. The van der Waals surface area contributed by atoms with E-state index in [0.717, 1.165) is 39.9 Å². The molecule has 0 amide bonds. The van der Waals surface area contributed by atoms with Crippen LogP contribution in [0, 0.1) is 5.82 Å². The second kappa shape index (κ2) is 8.55. The Morgan fingerprint density at radius 1 is 1.00 bits per heavy atom. The predicted molar refractivity (Wildman–Crippen MR) is 140 cm³/mol. The van der Waals surface area contributed by atoms with E-state index in [2.05, 4.69) is 18.3 Å². The van der Waals surface area contributed by atoms with Crippen LogP contribution in [0.5, 0.6) is 0 Å². The first kappa shape index (κ1) is 23.7. The van der Waals surface area contributed by atoms with Gasteiger partial charge < -0.3 is 4.57 Å². The van der Waals surface area contributed by atoms with E-state index in [1.54, 1.807) is 54.2 Å². The molecule has 182 valence electrons. The van der Waals surface area contributed by atoms with Crippen molar-refractivity contribution in [1.29, 1.82) is 0 Å². The summed E-state index contributed by atoms with van der Waals surface area (Å²) in [7, 11) is 0. The van der Waals surface area contributed by atoms with Crippen LogP contribution in [-0.2, 0) is 12.0 Å². The van der Waals surface area contributed by atoms with Crippen LogP contribution in [-0.4, -0.2) is 20.3 Å². The zero-order valence-electron chi connectivity index (χ0n) is 20.2. The molecule has 0 saturated carbocycles. The molecule has 0 saturated heterocycles. The lowest BCUT2D eigenvalue weighted by Gasteiger charge is -2.36. The molecule has 0 aliphatic heterocycles. The molecule has 0 radical (unpaired) electrons. The number of benzene rings is 3. The lowest BCUT2D eigenvalue weighted by molar-refractivity contribution is -0.0612. The fraction of sp³-hybridized carbons (Fsp3) is 0.167. The van der Waals surface area contributed by atoms with Crippen molar-refractivity contribution in [2.75, 3.05) is 0 Å². The van der Waals surface area contributed by atoms with Crippen LogP contribution in [0.1, 0.15) is 25.0 Å². The summed E-state index contributed by atoms with van der Waals surface area (Å²) in [4.78, 5) is 0. The molecule has 5 rings (SSSR count). The molecule has 0 N–H and O–H groups in total. The molecule has 0 bridgehead atoms. The van der Waals surface area contributed by atoms with Crippen LogP contribution < -0.4 is 0 Å². The van der Waals surface area contributed by atoms with Gasteiger partial charge in [-0.1, -0.05) is 37.4 Å². The molecule has 0 aliphatic rings. The molecular weight excluding hydrogens is 459 g/mol. The van der Waals surface area contributed by atoms with Gasteiger partial charge >= 0.3 is 0 Å². The molecule has 36 heavy (non-hydrogen) atoms. The van der Waals surface area contributed by atoms with Crippen LogP contribution in [0.4, 0.5) is 13.2 Å². The van der Waals surface area contributed by atoms with Gasteiger partial charge in [0.05, 0.1) is 22.8 Å². The number of nitrogens with zero attached hydrogens (tertiary/aromatic N) is 3. The second-order valence-electron chi connectivity index (χ2n) is 9.44. The van der Waals surface area contributed by atoms with Crippen LogP contribution in [0.3, 0.4) is 0 Å². The SMILES string of the molecule is C=CC(=C)c1cccc2c1ccn2CC(C)(c1ccc2c(cnn2-c2ccc(F)cc2)c1)C(C)(F)F. The van der Waals surface area contributed by atoms with Gasteiger partial charge in [-0.2, -0.15) is 5.10 Å². The molecule has 1 unspecified atom stereocenters. The maximum absolute atomic E-state index is 15.3. The van der Waals surface area contributed by atoms with Gasteiger partial charge in [0.25, 0.3) is 5.92 Å². The predicted octanol–water partition coefficient (Wildman–Crippen LogP) is 7.93. The van der Waals surface area contributed by atoms with E-state index in [-0.39, 0.29) is 12.4 Å². The first-order valence-electron chi connectivity index (χ1n) is 11.6. The van der Waals surface area contributed by atoms with E-state index in [1.807, 2.05) is 35.0 Å². The van der Waals surface area contributed by atoms with Crippen molar-refractivity contribution in [3.8, 4) is 5.69 Å². The summed E-state index contributed by atoms with van der Waals surface area (Å²) < 4.78 is 47.6. The van der Waals surface area contributed by atoms with Gasteiger partial charge in [0.1, 0.15) is 5.82 Å². The summed E-state index contributed by atoms with van der Waals surface area (Å²) in [6.07, 6.45) is 5.19. The Balaban J connectivity index is 1.58. The van der Waals surface area contributed by atoms with E-state index in [0.29, 0.717) is 11.3 Å². The third-order valence-electron chi connectivity index (χ3n) is 7.14. The molecule has 3 aromatic carbocycles. The summed E-state index contributed by atoms with van der Waals surface area (Å²) in [5, 5.41) is 6.09. The Labute approximate surface area is 207 Å². The molecule has 0 fully saturated rings. The Morgan fingerprint density at radius 3 is 2.44 bits per heavy atom. The Morgan fingerprint density at radius 2 is 1.75 bits per heavy atom. The number of alkyl halides is 2. The maximum atomic E-state index is 15.3. The van der Waals surface area contributed by atoms with Gasteiger partial charge in [-0.15, -0.1) is 0 Å². The van der Waals surface area contributed by atoms with E-state index in [1.165, 1.54) is 12.1 Å². The molecular formula is C30H26F3N3. The molecule has 3 nitrogen and oxygen atoms in total. The number of aromatic nitrogens is 3. The van der Waals surface area contributed by atoms with E-state index in [9.17, 15) is 4.39 Å². The quantitative estimate of drug-likeness (QED) is 0.215. The topological polar surface area (TPSA) is 22.8 Å². The Bertz CT molecular complexity index is 1600. The van der Waals surface area contributed by atoms with Gasteiger partial charge in [-0.3, -0.25) is 0 Å². The average molecular weight is 486 g/mol. The third kappa shape index (κ3) is 3.83. The third-order valence-corrected chi connectivity index (χ3v) is 7.14. The molecule has 2 heterocycles. The van der Waals surface area contributed by atoms with Crippen molar-refractivity contribution in [3.63, 3.8) is 0 Å². The van der Waals surface area contributed by atoms with Crippen LogP contribution in [0.15, 0.2) is 98.4 Å². The largest absolute Gasteiger partial charge is 0.346 e. The van der Waals surface area contributed by atoms with E-state index >= 15 is 8.78 Å². The minimum Gasteiger partial charge on any atom is -0.346 e. The highest BCUT2D eigenvalue weighted by Crippen LogP contribution is 2.43. The number of hydrogen-bond donors (Lipinski definition) is 0. The summed E-state index contributed by atoms with van der Waals surface area (Å²) in [5.41, 5.74) is 3.03. The number of rotatable bonds is 7. The fourth-order valence-corrected chi connectivity index (χ4v) is 4.74. The first-order valence-corrected chi connectivity index (χ1v) is 11.6. The van der Waals surface area contributed by atoms with Crippen LogP contribution in [0.25, 0.3) is 33.1 Å². The normalized spacial score (nSPS) is 13.7. The zero-order chi connectivity index (χ0) is 25.7. The van der Waals surface area contributed by atoms with Gasteiger partial charge in [-0.25, -0.2) is 17.9 Å². The van der Waals surface area contributed by atoms with Crippen molar-refractivity contribution in [2.45, 2.75) is 31.7 Å². The van der Waals surface area contributed by atoms with E-state index in [4.69, 9.17) is 0 Å². The highest BCUT2D eigenvalue weighted by molar-refractivity contribution is 5.94. The van der Waals surface area contributed by atoms with Crippen LogP contribution >= 0.6 is 0 Å².